The molecular weight excluding hydrogens is 322 g/mol. The van der Waals surface area contributed by atoms with Gasteiger partial charge in [-0.25, -0.2) is 0 Å². The molecule has 0 aromatic heterocycles. The zero-order valence-electron chi connectivity index (χ0n) is 3.12. The van der Waals surface area contributed by atoms with Crippen LogP contribution in [0.5, 0.6) is 0 Å². The van der Waals surface area contributed by atoms with Gasteiger partial charge >= 0.3 is 38.6 Å². The summed E-state index contributed by atoms with van der Waals surface area (Å²) in [6.07, 6.45) is 0. The Bertz CT molecular complexity index is 98.1. The fourth-order valence-corrected chi connectivity index (χ4v) is 0. The molecule has 0 heterocycles. The summed E-state index contributed by atoms with van der Waals surface area (Å²) in [7, 11) is -3.67. The van der Waals surface area contributed by atoms with Crippen LogP contribution in [0.4, 0.5) is 0 Å². The van der Waals surface area contributed by atoms with Gasteiger partial charge in [-0.15, -0.1) is 12.4 Å². The summed E-state index contributed by atoms with van der Waals surface area (Å²) in [5.41, 5.74) is 0. The molecule has 0 fully saturated rings. The molecule has 0 unspecified atom stereocenters. The van der Waals surface area contributed by atoms with E-state index in [0.717, 1.165) is 0 Å². The first-order chi connectivity index (χ1) is 2.00. The van der Waals surface area contributed by atoms with Gasteiger partial charge in [0.15, 0.2) is 0 Å². The van der Waals surface area contributed by atoms with E-state index in [1.165, 1.54) is 0 Å². The third-order valence-electron chi connectivity index (χ3n) is 0. The van der Waals surface area contributed by atoms with Crippen LogP contribution in [0.15, 0.2) is 0 Å². The van der Waals surface area contributed by atoms with Crippen LogP contribution in [0.1, 0.15) is 0 Å². The first-order valence-electron chi connectivity index (χ1n) is 0.652. The molecule has 0 saturated heterocycles. The normalized spacial score (nSPS) is 8.43. The molecule has 0 aliphatic heterocycles. The molecule has 7 heteroatoms. The zero-order chi connectivity index (χ0) is 4.50. The average Bonchev–Trinajstić information content (AvgIpc) is 0.722. The zero-order valence-corrected chi connectivity index (χ0v) is 7.15. The summed E-state index contributed by atoms with van der Waals surface area (Å²) in [6, 6.07) is 0. The Morgan fingerprint density at radius 3 is 1.43 bits per heavy atom. The van der Waals surface area contributed by atoms with E-state index in [2.05, 4.69) is 0 Å². The van der Waals surface area contributed by atoms with Gasteiger partial charge in [0, 0.05) is 0 Å². The molecule has 0 aliphatic rings. The van der Waals surface area contributed by atoms with Gasteiger partial charge in [0.1, 0.15) is 0 Å². The summed E-state index contributed by atoms with van der Waals surface area (Å²) in [5.74, 6) is 0. The van der Waals surface area contributed by atoms with Crippen LogP contribution in [0, 0.1) is 0 Å². The molecule has 0 radical (unpaired) electrons. The Hall–Kier alpha value is 0.809. The van der Waals surface area contributed by atoms with Crippen LogP contribution in [0.2, 0.25) is 0 Å². The van der Waals surface area contributed by atoms with E-state index in [-0.39, 0.29) is 18.6 Å². The maximum atomic E-state index is 9.19. The summed E-state index contributed by atoms with van der Waals surface area (Å²) in [4.78, 5) is 0. The quantitative estimate of drug-likeness (QED) is 0.609. The minimum absolute atomic E-state index is 0. The predicted molar refractivity (Wildman–Crippen MR) is 23.8 cm³/mol. The number of hydrogen-bond donors (Lipinski definition) is 2. The number of rotatable bonds is 0. The van der Waals surface area contributed by atoms with Crippen molar-refractivity contribution in [2.75, 3.05) is 0 Å². The van der Waals surface area contributed by atoms with Gasteiger partial charge in [0.05, 0.1) is 0 Å². The first-order valence-corrected chi connectivity index (χ1v) is 4.89. The van der Waals surface area contributed by atoms with Gasteiger partial charge in [0.25, 0.3) is 0 Å². The molecule has 0 saturated carbocycles. The van der Waals surface area contributed by atoms with Crippen molar-refractivity contribution >= 4 is 20.4 Å². The van der Waals surface area contributed by atoms with Gasteiger partial charge in [-0.2, -0.15) is 0 Å². The van der Waals surface area contributed by atoms with E-state index in [0.29, 0.717) is 17.7 Å². The second-order valence-electron chi connectivity index (χ2n) is 0.389. The molecule has 4 nitrogen and oxygen atoms in total. The van der Waals surface area contributed by atoms with E-state index in [9.17, 15) is 8.42 Å². The Morgan fingerprint density at radius 2 is 1.43 bits per heavy atom. The molecule has 0 rings (SSSR count). The van der Waals surface area contributed by atoms with Crippen molar-refractivity contribution in [1.29, 1.82) is 0 Å². The maximum absolute atomic E-state index is 9.19. The molecule has 4 N–H and O–H groups in total. The topological polar surface area (TPSA) is 89.4 Å². The van der Waals surface area contributed by atoms with Gasteiger partial charge in [-0.3, -0.25) is 0 Å². The third-order valence-corrected chi connectivity index (χ3v) is 0. The van der Waals surface area contributed by atoms with Crippen LogP contribution in [-0.4, -0.2) is 13.0 Å². The van der Waals surface area contributed by atoms with Crippen LogP contribution in [0.25, 0.3) is 0 Å². The predicted octanol–water partition coefficient (Wildman–Crippen LogP) is -0.0802. The molecular formula is H5ClIrNO3S. The minimum atomic E-state index is -3.67. The second-order valence-corrected chi connectivity index (χ2v) is 4.87. The SMILES string of the molecule is Cl.N.O=[S](=O)(O)[Ir]. The fourth-order valence-electron chi connectivity index (χ4n) is 0. The van der Waals surface area contributed by atoms with E-state index in [1.54, 1.807) is 0 Å². The number of hydrogen-bond acceptors (Lipinski definition) is 3. The third kappa shape index (κ3) is 240. The van der Waals surface area contributed by atoms with Crippen molar-refractivity contribution in [2.24, 2.45) is 0 Å². The molecule has 0 spiro atoms. The monoisotopic (exact) mass is 327 g/mol. The second kappa shape index (κ2) is 4.96. The van der Waals surface area contributed by atoms with Crippen molar-refractivity contribution in [3.05, 3.63) is 0 Å². The summed E-state index contributed by atoms with van der Waals surface area (Å²) in [6.45, 7) is 0. The van der Waals surface area contributed by atoms with Crippen LogP contribution in [0.3, 0.4) is 0 Å². The molecule has 0 aromatic rings. The Morgan fingerprint density at radius 1 is 1.43 bits per heavy atom. The molecule has 0 bridgehead atoms. The van der Waals surface area contributed by atoms with Gasteiger partial charge in [-0.05, 0) is 0 Å². The summed E-state index contributed by atoms with van der Waals surface area (Å²) >= 11 is 0.715. The molecule has 50 valence electrons. The molecule has 0 atom stereocenters. The van der Waals surface area contributed by atoms with Crippen LogP contribution >= 0.6 is 12.4 Å². The van der Waals surface area contributed by atoms with Gasteiger partial charge < -0.3 is 6.15 Å². The Kier molecular flexibility index (Phi) is 11.1. The summed E-state index contributed by atoms with van der Waals surface area (Å²) in [5, 5.41) is 0. The van der Waals surface area contributed by atoms with Crippen LogP contribution < -0.4 is 6.15 Å². The first kappa shape index (κ1) is 15.7. The van der Waals surface area contributed by atoms with Crippen molar-refractivity contribution in [1.82, 2.24) is 6.15 Å². The average molecular weight is 327 g/mol. The summed E-state index contributed by atoms with van der Waals surface area (Å²) < 4.78 is 25.9. The number of halogens is 1. The Balaban J connectivity index is -0.0000000800. The standard InChI is InChI=1S/ClH.Ir.H3N.HO3S/c;;;1-4(2)3/h1H;;1H3;(H,1,2,3). The van der Waals surface area contributed by atoms with E-state index in [1.807, 2.05) is 0 Å². The molecule has 7 heavy (non-hydrogen) atoms. The van der Waals surface area contributed by atoms with E-state index < -0.39 is 8.00 Å². The van der Waals surface area contributed by atoms with Crippen molar-refractivity contribution < 1.29 is 30.6 Å². The molecule has 0 aliphatic carbocycles. The van der Waals surface area contributed by atoms with Gasteiger partial charge in [0.2, 0.25) is 0 Å². The van der Waals surface area contributed by atoms with Crippen LogP contribution in [-0.2, 0) is 25.7 Å². The van der Waals surface area contributed by atoms with Crippen molar-refractivity contribution in [2.45, 2.75) is 0 Å². The van der Waals surface area contributed by atoms with E-state index >= 15 is 0 Å². The Labute approximate surface area is 57.4 Å². The van der Waals surface area contributed by atoms with Gasteiger partial charge in [-0.1, -0.05) is 0 Å². The molecule has 0 amide bonds. The van der Waals surface area contributed by atoms with Crippen molar-refractivity contribution in [3.63, 3.8) is 0 Å². The molecule has 0 aromatic carbocycles. The fraction of sp³-hybridized carbons (Fsp3) is 0. The van der Waals surface area contributed by atoms with E-state index in [4.69, 9.17) is 4.55 Å². The van der Waals surface area contributed by atoms with Crippen molar-refractivity contribution in [3.8, 4) is 0 Å².